The van der Waals surface area contributed by atoms with E-state index in [1.54, 1.807) is 31.9 Å². The Morgan fingerprint density at radius 3 is 1.92 bits per heavy atom. The Hall–Kier alpha value is -3.28. The van der Waals surface area contributed by atoms with E-state index in [9.17, 15) is 0 Å². The Morgan fingerprint density at radius 1 is 0.958 bits per heavy atom. The number of aliphatic imine (C=N–C) groups is 4. The molecule has 0 aliphatic rings. The zero-order chi connectivity index (χ0) is 17.4. The van der Waals surface area contributed by atoms with Gasteiger partial charge in [-0.25, -0.2) is 15.0 Å². The smallest absolute Gasteiger partial charge is 0.143 e. The van der Waals surface area contributed by atoms with Crippen LogP contribution in [0.25, 0.3) is 11.4 Å². The molecule has 0 saturated carbocycles. The molecule has 0 aliphatic carbocycles. The van der Waals surface area contributed by atoms with Crippen LogP contribution in [0.2, 0.25) is 0 Å². The molecule has 0 aliphatic heterocycles. The van der Waals surface area contributed by atoms with Crippen molar-refractivity contribution in [2.75, 3.05) is 7.05 Å². The van der Waals surface area contributed by atoms with E-state index in [-0.39, 0.29) is 0 Å². The van der Waals surface area contributed by atoms with E-state index in [0.29, 0.717) is 11.7 Å². The van der Waals surface area contributed by atoms with Gasteiger partial charge in [0.1, 0.15) is 11.7 Å². The quantitative estimate of drug-likeness (QED) is 0.627. The fraction of sp³-hybridized carbons (Fsp3) is 0.111. The second kappa shape index (κ2) is 8.38. The predicted octanol–water partition coefficient (Wildman–Crippen LogP) is 3.20. The van der Waals surface area contributed by atoms with Crippen LogP contribution in [-0.4, -0.2) is 42.0 Å². The number of amidine groups is 1. The van der Waals surface area contributed by atoms with Crippen molar-refractivity contribution in [3.63, 3.8) is 0 Å². The number of aromatic nitrogens is 2. The van der Waals surface area contributed by atoms with E-state index in [4.69, 9.17) is 0 Å². The van der Waals surface area contributed by atoms with E-state index < -0.39 is 0 Å². The summed E-state index contributed by atoms with van der Waals surface area (Å²) in [5, 5.41) is 0. The van der Waals surface area contributed by atoms with Gasteiger partial charge >= 0.3 is 0 Å². The summed E-state index contributed by atoms with van der Waals surface area (Å²) < 4.78 is 0. The molecule has 2 rings (SSSR count). The van der Waals surface area contributed by atoms with Crippen molar-refractivity contribution in [3.05, 3.63) is 60.2 Å². The maximum Gasteiger partial charge on any atom is 0.143 e. The van der Waals surface area contributed by atoms with Crippen LogP contribution in [0.3, 0.4) is 0 Å². The molecule has 6 heteroatoms. The van der Waals surface area contributed by atoms with Crippen LogP contribution in [-0.2, 0) is 0 Å². The van der Waals surface area contributed by atoms with Crippen molar-refractivity contribution in [2.45, 2.75) is 6.92 Å². The van der Waals surface area contributed by atoms with Gasteiger partial charge in [-0.1, -0.05) is 6.58 Å². The lowest BCUT2D eigenvalue weighted by Crippen LogP contribution is -1.92. The fourth-order valence-electron chi connectivity index (χ4n) is 1.68. The van der Waals surface area contributed by atoms with Gasteiger partial charge in [-0.2, -0.15) is 0 Å². The number of rotatable bonds is 5. The van der Waals surface area contributed by atoms with Crippen LogP contribution in [0, 0.1) is 0 Å². The molecule has 0 spiro atoms. The Labute approximate surface area is 141 Å². The molecular weight excluding hydrogens is 300 g/mol. The number of pyridine rings is 2. The second-order valence-corrected chi connectivity index (χ2v) is 4.82. The molecule has 0 saturated heterocycles. The highest BCUT2D eigenvalue weighted by molar-refractivity contribution is 5.93. The van der Waals surface area contributed by atoms with Crippen LogP contribution in [0.4, 0.5) is 0 Å². The van der Waals surface area contributed by atoms with E-state index >= 15 is 0 Å². The van der Waals surface area contributed by atoms with Crippen molar-refractivity contribution in [3.8, 4) is 11.4 Å². The summed E-state index contributed by atoms with van der Waals surface area (Å²) in [6.45, 7) is 8.82. The highest BCUT2D eigenvalue weighted by Crippen LogP contribution is 2.14. The van der Waals surface area contributed by atoms with Crippen molar-refractivity contribution in [2.24, 2.45) is 20.0 Å². The van der Waals surface area contributed by atoms with E-state index in [1.807, 2.05) is 31.2 Å². The summed E-state index contributed by atoms with van der Waals surface area (Å²) in [6, 6.07) is 7.63. The van der Waals surface area contributed by atoms with Gasteiger partial charge in [0, 0.05) is 43.0 Å². The number of hydrogen-bond donors (Lipinski definition) is 0. The lowest BCUT2D eigenvalue weighted by atomic mass is 10.2. The van der Waals surface area contributed by atoms with Crippen LogP contribution in [0.5, 0.6) is 0 Å². The molecule has 0 fully saturated rings. The molecule has 120 valence electrons. The summed E-state index contributed by atoms with van der Waals surface area (Å²) >= 11 is 0. The average molecular weight is 318 g/mol. The third kappa shape index (κ3) is 4.88. The minimum absolute atomic E-state index is 0.362. The van der Waals surface area contributed by atoms with E-state index in [1.165, 1.54) is 0 Å². The normalized spacial score (nSPS) is 12.0. The molecule has 0 unspecified atom stereocenters. The zero-order valence-electron chi connectivity index (χ0n) is 13.7. The molecule has 0 bridgehead atoms. The van der Waals surface area contributed by atoms with Gasteiger partial charge in [-0.3, -0.25) is 15.0 Å². The first kappa shape index (κ1) is 17.1. The average Bonchev–Trinajstić information content (AvgIpc) is 2.65. The molecular formula is C18H18N6. The highest BCUT2D eigenvalue weighted by atomic mass is 14.9. The molecule has 0 amide bonds. The van der Waals surface area contributed by atoms with Gasteiger partial charge in [0.15, 0.2) is 0 Å². The first-order valence-electron chi connectivity index (χ1n) is 7.22. The second-order valence-electron chi connectivity index (χ2n) is 4.82. The summed E-state index contributed by atoms with van der Waals surface area (Å²) in [6.07, 6.45) is 6.83. The number of nitrogens with zero attached hydrogens (tertiary/aromatic N) is 6. The van der Waals surface area contributed by atoms with Gasteiger partial charge in [0.25, 0.3) is 0 Å². The highest BCUT2D eigenvalue weighted by Gasteiger charge is 2.01. The molecule has 6 nitrogen and oxygen atoms in total. The summed E-state index contributed by atoms with van der Waals surface area (Å²) in [5.41, 5.74) is 3.32. The molecule has 0 atom stereocenters. The van der Waals surface area contributed by atoms with Gasteiger partial charge in [0.2, 0.25) is 0 Å². The third-order valence-corrected chi connectivity index (χ3v) is 3.10. The standard InChI is InChI=1S/C18H18N6/c1-13(19-3)21-9-15-5-7-17(23-11-15)18-8-6-16(12-24-18)10-22-14(2)20-4/h5-12H,1,3H2,2,4H3/b20-14?,21-9+,22-10?. The maximum absolute atomic E-state index is 4.41. The minimum atomic E-state index is 0.362. The first-order chi connectivity index (χ1) is 11.6. The Kier molecular flexibility index (Phi) is 5.96. The lowest BCUT2D eigenvalue weighted by Gasteiger charge is -2.01. The minimum Gasteiger partial charge on any atom is -0.274 e. The van der Waals surface area contributed by atoms with Gasteiger partial charge < -0.3 is 0 Å². The Bertz CT molecular complexity index is 745. The van der Waals surface area contributed by atoms with Crippen LogP contribution in [0.15, 0.2) is 69.0 Å². The van der Waals surface area contributed by atoms with Crippen molar-refractivity contribution in [1.29, 1.82) is 0 Å². The van der Waals surface area contributed by atoms with Crippen LogP contribution >= 0.6 is 0 Å². The predicted molar refractivity (Wildman–Crippen MR) is 100 cm³/mol. The molecule has 24 heavy (non-hydrogen) atoms. The first-order valence-corrected chi connectivity index (χ1v) is 7.22. The zero-order valence-corrected chi connectivity index (χ0v) is 13.7. The van der Waals surface area contributed by atoms with Crippen LogP contribution in [0.1, 0.15) is 18.1 Å². The fourth-order valence-corrected chi connectivity index (χ4v) is 1.68. The van der Waals surface area contributed by atoms with Gasteiger partial charge in [-0.05, 0) is 37.9 Å². The summed E-state index contributed by atoms with van der Waals surface area (Å²) in [5.74, 6) is 1.08. The lowest BCUT2D eigenvalue weighted by molar-refractivity contribution is 1.23. The van der Waals surface area contributed by atoms with E-state index in [0.717, 1.165) is 22.5 Å². The summed E-state index contributed by atoms with van der Waals surface area (Å²) in [4.78, 5) is 24.6. The topological polar surface area (TPSA) is 75.2 Å². The largest absolute Gasteiger partial charge is 0.274 e. The molecule has 0 N–H and O–H groups in total. The maximum atomic E-state index is 4.41. The SMILES string of the molecule is C=NC(=C)/N=C/c1ccc(-c2ccc(C=NC(C)=NC)cn2)nc1. The molecule has 2 aromatic rings. The Morgan fingerprint density at radius 2 is 1.50 bits per heavy atom. The van der Waals surface area contributed by atoms with Crippen LogP contribution < -0.4 is 0 Å². The van der Waals surface area contributed by atoms with Crippen molar-refractivity contribution in [1.82, 2.24) is 9.97 Å². The van der Waals surface area contributed by atoms with Crippen molar-refractivity contribution < 1.29 is 0 Å². The summed E-state index contributed by atoms with van der Waals surface area (Å²) in [7, 11) is 1.71. The number of hydrogen-bond acceptors (Lipinski definition) is 5. The van der Waals surface area contributed by atoms with Gasteiger partial charge in [0.05, 0.1) is 11.4 Å². The monoisotopic (exact) mass is 318 g/mol. The van der Waals surface area contributed by atoms with E-state index in [2.05, 4.69) is 43.2 Å². The molecule has 0 radical (unpaired) electrons. The third-order valence-electron chi connectivity index (χ3n) is 3.10. The van der Waals surface area contributed by atoms with Crippen molar-refractivity contribution >= 4 is 25.0 Å². The Balaban J connectivity index is 2.12. The van der Waals surface area contributed by atoms with Gasteiger partial charge in [-0.15, -0.1) is 0 Å². The molecule has 2 aromatic heterocycles. The molecule has 2 heterocycles. The molecule has 0 aromatic carbocycles.